The first kappa shape index (κ1) is 9.22. The molecule has 1 radical (unpaired) electrons. The Morgan fingerprint density at radius 1 is 1.22 bits per heavy atom. The normalized spacial score (nSPS) is 16.3. The van der Waals surface area contributed by atoms with Gasteiger partial charge in [0, 0.05) is 8.80 Å². The van der Waals surface area contributed by atoms with Crippen molar-refractivity contribution >= 4 is 8.80 Å². The Morgan fingerprint density at radius 3 is 1.56 bits per heavy atom. The summed E-state index contributed by atoms with van der Waals surface area (Å²) in [5.41, 5.74) is 1.14. The van der Waals surface area contributed by atoms with Crippen molar-refractivity contribution in [1.29, 1.82) is 0 Å². The molecule has 0 aliphatic carbocycles. The Kier molecular flexibility index (Phi) is 2.94. The van der Waals surface area contributed by atoms with E-state index in [9.17, 15) is 0 Å². The SMILES string of the molecule is [CH2]C([SiH](C)C)C(C)(C)C. The lowest BCUT2D eigenvalue weighted by Gasteiger charge is -2.29. The van der Waals surface area contributed by atoms with Gasteiger partial charge in [0.05, 0.1) is 0 Å². The second kappa shape index (κ2) is 2.87. The van der Waals surface area contributed by atoms with Gasteiger partial charge in [0.25, 0.3) is 0 Å². The molecule has 0 aromatic carbocycles. The minimum absolute atomic E-state index is 0.431. The summed E-state index contributed by atoms with van der Waals surface area (Å²) in [7, 11) is -0.501. The lowest BCUT2D eigenvalue weighted by Crippen LogP contribution is -2.23. The van der Waals surface area contributed by atoms with Gasteiger partial charge < -0.3 is 0 Å². The summed E-state index contributed by atoms with van der Waals surface area (Å²) in [5.74, 6) is 0. The van der Waals surface area contributed by atoms with Crippen LogP contribution in [0.1, 0.15) is 20.8 Å². The van der Waals surface area contributed by atoms with Crippen LogP contribution in [0.25, 0.3) is 0 Å². The van der Waals surface area contributed by atoms with Gasteiger partial charge in [-0.1, -0.05) is 40.8 Å². The van der Waals surface area contributed by atoms with Crippen LogP contribution in [-0.4, -0.2) is 8.80 Å². The van der Waals surface area contributed by atoms with E-state index in [1.165, 1.54) is 0 Å². The maximum Gasteiger partial charge on any atom is 0.0343 e. The summed E-state index contributed by atoms with van der Waals surface area (Å²) in [4.78, 5) is 0. The highest BCUT2D eigenvalue weighted by Crippen LogP contribution is 2.32. The highest BCUT2D eigenvalue weighted by atomic mass is 28.3. The van der Waals surface area contributed by atoms with Crippen molar-refractivity contribution in [2.24, 2.45) is 5.41 Å². The fourth-order valence-electron chi connectivity index (χ4n) is 1.00. The van der Waals surface area contributed by atoms with Crippen LogP contribution in [0, 0.1) is 12.3 Å². The zero-order chi connectivity index (χ0) is 7.65. The molecule has 1 unspecified atom stereocenters. The molecule has 0 saturated heterocycles. The van der Waals surface area contributed by atoms with E-state index < -0.39 is 8.80 Å². The Hall–Kier alpha value is 0.217. The van der Waals surface area contributed by atoms with Gasteiger partial charge in [0.15, 0.2) is 0 Å². The van der Waals surface area contributed by atoms with E-state index in [0.717, 1.165) is 0 Å². The molecule has 0 aliphatic rings. The zero-order valence-corrected chi connectivity index (χ0v) is 8.52. The molecular weight excluding hydrogens is 124 g/mol. The third kappa shape index (κ3) is 3.04. The molecule has 55 valence electrons. The molecule has 0 bridgehead atoms. The van der Waals surface area contributed by atoms with E-state index in [1.807, 2.05) is 0 Å². The second-order valence-corrected chi connectivity index (χ2v) is 7.51. The van der Waals surface area contributed by atoms with E-state index in [4.69, 9.17) is 0 Å². The van der Waals surface area contributed by atoms with Crippen LogP contribution in [-0.2, 0) is 0 Å². The Labute approximate surface area is 61.3 Å². The Bertz CT molecular complexity index is 79.1. The van der Waals surface area contributed by atoms with Crippen LogP contribution in [0.5, 0.6) is 0 Å². The number of hydrogen-bond donors (Lipinski definition) is 0. The molecule has 0 spiro atoms. The molecule has 1 heteroatoms. The van der Waals surface area contributed by atoms with Crippen molar-refractivity contribution in [1.82, 2.24) is 0 Å². The highest BCUT2D eigenvalue weighted by Gasteiger charge is 2.22. The first-order valence-corrected chi connectivity index (χ1v) is 6.66. The maximum atomic E-state index is 4.17. The van der Waals surface area contributed by atoms with Crippen LogP contribution < -0.4 is 0 Å². The molecule has 0 saturated carbocycles. The average Bonchev–Trinajstić information content (AvgIpc) is 1.62. The fourth-order valence-corrected chi connectivity index (χ4v) is 3.00. The van der Waals surface area contributed by atoms with Crippen LogP contribution in [0.4, 0.5) is 0 Å². The van der Waals surface area contributed by atoms with Crippen LogP contribution >= 0.6 is 0 Å². The van der Waals surface area contributed by atoms with Crippen molar-refractivity contribution in [3.8, 4) is 0 Å². The van der Waals surface area contributed by atoms with E-state index in [0.29, 0.717) is 11.0 Å². The topological polar surface area (TPSA) is 0 Å². The molecule has 9 heavy (non-hydrogen) atoms. The van der Waals surface area contributed by atoms with Crippen molar-refractivity contribution in [3.63, 3.8) is 0 Å². The molecule has 0 aromatic rings. The molecule has 0 fully saturated rings. The lowest BCUT2D eigenvalue weighted by molar-refractivity contribution is 0.413. The molecule has 0 rings (SSSR count). The molecule has 0 nitrogen and oxygen atoms in total. The molecule has 1 atom stereocenters. The van der Waals surface area contributed by atoms with E-state index in [-0.39, 0.29) is 0 Å². The first-order chi connectivity index (χ1) is 3.85. The summed E-state index contributed by atoms with van der Waals surface area (Å²) in [6.45, 7) is 15.7. The number of rotatable bonds is 1. The minimum Gasteiger partial charge on any atom is -0.0720 e. The van der Waals surface area contributed by atoms with Crippen molar-refractivity contribution in [2.75, 3.05) is 0 Å². The smallest absolute Gasteiger partial charge is 0.0343 e. The molecule has 0 N–H and O–H groups in total. The monoisotopic (exact) mass is 143 g/mol. The lowest BCUT2D eigenvalue weighted by atomic mass is 9.93. The standard InChI is InChI=1S/C8H19Si/c1-7(9(5)6)8(2,3)4/h7,9H,1H2,2-6H3. The third-order valence-corrected chi connectivity index (χ3v) is 4.53. The van der Waals surface area contributed by atoms with Crippen LogP contribution in [0.3, 0.4) is 0 Å². The van der Waals surface area contributed by atoms with E-state index in [2.05, 4.69) is 40.8 Å². The Morgan fingerprint density at radius 2 is 1.56 bits per heavy atom. The van der Waals surface area contributed by atoms with Crippen LogP contribution in [0.2, 0.25) is 18.6 Å². The van der Waals surface area contributed by atoms with Gasteiger partial charge in [-0.25, -0.2) is 0 Å². The van der Waals surface area contributed by atoms with Gasteiger partial charge in [-0.15, -0.1) is 0 Å². The van der Waals surface area contributed by atoms with Crippen molar-refractivity contribution in [2.45, 2.75) is 39.4 Å². The summed E-state index contributed by atoms with van der Waals surface area (Å²) in [5, 5.41) is 0. The second-order valence-electron chi connectivity index (χ2n) is 4.22. The first-order valence-electron chi connectivity index (χ1n) is 3.68. The average molecular weight is 143 g/mol. The van der Waals surface area contributed by atoms with Gasteiger partial charge in [-0.05, 0) is 11.0 Å². The zero-order valence-electron chi connectivity index (χ0n) is 7.36. The van der Waals surface area contributed by atoms with Gasteiger partial charge in [0.2, 0.25) is 0 Å². The van der Waals surface area contributed by atoms with Gasteiger partial charge in [-0.2, -0.15) is 0 Å². The quantitative estimate of drug-likeness (QED) is 0.495. The van der Waals surface area contributed by atoms with Gasteiger partial charge >= 0.3 is 0 Å². The van der Waals surface area contributed by atoms with Gasteiger partial charge in [-0.3, -0.25) is 0 Å². The summed E-state index contributed by atoms with van der Waals surface area (Å²) in [6, 6.07) is 0. The van der Waals surface area contributed by atoms with Crippen molar-refractivity contribution in [3.05, 3.63) is 6.92 Å². The minimum atomic E-state index is -0.501. The van der Waals surface area contributed by atoms with E-state index in [1.54, 1.807) is 0 Å². The predicted molar refractivity (Wildman–Crippen MR) is 47.4 cm³/mol. The highest BCUT2D eigenvalue weighted by molar-refractivity contribution is 6.57. The molecule has 0 aliphatic heterocycles. The van der Waals surface area contributed by atoms with Crippen LogP contribution in [0.15, 0.2) is 0 Å². The third-order valence-electron chi connectivity index (χ3n) is 1.92. The molecule has 0 aromatic heterocycles. The summed E-state index contributed by atoms with van der Waals surface area (Å²) >= 11 is 0. The fraction of sp³-hybridized carbons (Fsp3) is 0.875. The largest absolute Gasteiger partial charge is 0.0720 e. The summed E-state index contributed by atoms with van der Waals surface area (Å²) < 4.78 is 0. The molecule has 0 amide bonds. The number of hydrogen-bond acceptors (Lipinski definition) is 0. The predicted octanol–water partition coefficient (Wildman–Crippen LogP) is 2.72. The Balaban J connectivity index is 3.88. The van der Waals surface area contributed by atoms with E-state index >= 15 is 0 Å². The summed E-state index contributed by atoms with van der Waals surface area (Å²) in [6.07, 6.45) is 0. The van der Waals surface area contributed by atoms with Gasteiger partial charge in [0.1, 0.15) is 0 Å². The molecular formula is C8H19Si. The van der Waals surface area contributed by atoms with Crippen molar-refractivity contribution < 1.29 is 0 Å². The maximum absolute atomic E-state index is 4.17. The molecule has 0 heterocycles.